The van der Waals surface area contributed by atoms with Gasteiger partial charge in [-0.1, -0.05) is 47.7 Å². The number of thiazole rings is 1. The molecule has 7 heteroatoms. The van der Waals surface area contributed by atoms with E-state index in [1.54, 1.807) is 24.3 Å². The lowest BCUT2D eigenvalue weighted by molar-refractivity contribution is -0.120. The largest absolute Gasteiger partial charge is 0.431 e. The first-order valence-corrected chi connectivity index (χ1v) is 10.2. The number of nitrogens with zero attached hydrogens (tertiary/aromatic N) is 1. The molecule has 4 nitrogen and oxygen atoms in total. The van der Waals surface area contributed by atoms with Gasteiger partial charge in [-0.25, -0.2) is 13.8 Å². The lowest BCUT2D eigenvalue weighted by Gasteiger charge is -2.08. The Morgan fingerprint density at radius 3 is 2.57 bits per heavy atom. The summed E-state index contributed by atoms with van der Waals surface area (Å²) in [6.07, 6.45) is 0.264. The van der Waals surface area contributed by atoms with Gasteiger partial charge in [0, 0.05) is 12.6 Å². The van der Waals surface area contributed by atoms with E-state index in [4.69, 9.17) is 4.74 Å². The van der Waals surface area contributed by atoms with E-state index >= 15 is 0 Å². The first-order chi connectivity index (χ1) is 14.6. The van der Waals surface area contributed by atoms with Crippen LogP contribution in [0.25, 0.3) is 10.2 Å². The third kappa shape index (κ3) is 4.80. The molecule has 4 rings (SSSR count). The van der Waals surface area contributed by atoms with Gasteiger partial charge in [0.15, 0.2) is 0 Å². The fraction of sp³-hybridized carbons (Fsp3) is 0.130. The van der Waals surface area contributed by atoms with Gasteiger partial charge in [0.2, 0.25) is 5.91 Å². The second-order valence-corrected chi connectivity index (χ2v) is 7.66. The molecule has 0 spiro atoms. The van der Waals surface area contributed by atoms with Crippen LogP contribution in [-0.2, 0) is 17.6 Å². The maximum atomic E-state index is 14.4. The Labute approximate surface area is 176 Å². The van der Waals surface area contributed by atoms with Gasteiger partial charge in [0.25, 0.3) is 5.19 Å². The Bertz CT molecular complexity index is 1160. The van der Waals surface area contributed by atoms with Crippen LogP contribution in [0.4, 0.5) is 8.78 Å². The topological polar surface area (TPSA) is 51.2 Å². The molecule has 0 bridgehead atoms. The van der Waals surface area contributed by atoms with Crippen LogP contribution >= 0.6 is 11.3 Å². The van der Waals surface area contributed by atoms with Crippen LogP contribution in [0.15, 0.2) is 66.7 Å². The number of halogens is 2. The zero-order chi connectivity index (χ0) is 20.9. The van der Waals surface area contributed by atoms with Gasteiger partial charge >= 0.3 is 0 Å². The van der Waals surface area contributed by atoms with Crippen LogP contribution in [-0.4, -0.2) is 17.4 Å². The summed E-state index contributed by atoms with van der Waals surface area (Å²) in [6.45, 7) is 0.278. The van der Waals surface area contributed by atoms with E-state index in [2.05, 4.69) is 10.3 Å². The minimum Gasteiger partial charge on any atom is -0.431 e. The Balaban J connectivity index is 1.33. The molecule has 1 amide bonds. The second-order valence-electron chi connectivity index (χ2n) is 6.67. The monoisotopic (exact) mass is 424 g/mol. The third-order valence-electron chi connectivity index (χ3n) is 4.53. The highest BCUT2D eigenvalue weighted by molar-refractivity contribution is 7.20. The molecule has 1 N–H and O–H groups in total. The van der Waals surface area contributed by atoms with Crippen molar-refractivity contribution in [3.05, 3.63) is 89.5 Å². The number of nitrogens with one attached hydrogen (secondary N) is 1. The number of fused-ring (bicyclic) bond motifs is 1. The van der Waals surface area contributed by atoms with Crippen molar-refractivity contribution >= 4 is 27.5 Å². The first kappa shape index (κ1) is 20.0. The highest BCUT2D eigenvalue weighted by Crippen LogP contribution is 2.31. The summed E-state index contributed by atoms with van der Waals surface area (Å²) in [5, 5.41) is 3.12. The summed E-state index contributed by atoms with van der Waals surface area (Å²) in [7, 11) is 0. The highest BCUT2D eigenvalue weighted by atomic mass is 32.1. The molecule has 152 valence electrons. The minimum absolute atomic E-state index is 0.107. The molecular weight excluding hydrogens is 406 g/mol. The number of hydrogen-bond acceptors (Lipinski definition) is 4. The summed E-state index contributed by atoms with van der Waals surface area (Å²) < 4.78 is 34.7. The molecule has 3 aromatic carbocycles. The third-order valence-corrected chi connectivity index (χ3v) is 5.44. The van der Waals surface area contributed by atoms with Gasteiger partial charge in [0.1, 0.15) is 17.4 Å². The number of carbonyl (C=O) groups excluding carboxylic acids is 1. The Hall–Kier alpha value is -3.32. The van der Waals surface area contributed by atoms with E-state index in [1.807, 2.05) is 24.3 Å². The summed E-state index contributed by atoms with van der Waals surface area (Å²) in [5.41, 5.74) is 1.61. The second kappa shape index (κ2) is 9.00. The lowest BCUT2D eigenvalue weighted by atomic mass is 10.1. The lowest BCUT2D eigenvalue weighted by Crippen LogP contribution is -2.27. The van der Waals surface area contributed by atoms with Gasteiger partial charge in [-0.05, 0) is 41.8 Å². The molecule has 0 unspecified atom stereocenters. The number of para-hydroxylation sites is 1. The summed E-state index contributed by atoms with van der Waals surface area (Å²) in [6, 6.07) is 18.4. The maximum Gasteiger partial charge on any atom is 0.279 e. The van der Waals surface area contributed by atoms with Gasteiger partial charge in [-0.15, -0.1) is 0 Å². The van der Waals surface area contributed by atoms with Crippen molar-refractivity contribution in [1.29, 1.82) is 0 Å². The van der Waals surface area contributed by atoms with Crippen LogP contribution < -0.4 is 10.1 Å². The van der Waals surface area contributed by atoms with E-state index < -0.39 is 5.82 Å². The van der Waals surface area contributed by atoms with Crippen molar-refractivity contribution in [3.8, 4) is 10.9 Å². The number of hydrogen-bond donors (Lipinski definition) is 1. The summed E-state index contributed by atoms with van der Waals surface area (Å²) in [5.74, 6) is -0.847. The van der Waals surface area contributed by atoms with Crippen molar-refractivity contribution < 1.29 is 18.3 Å². The molecule has 1 aromatic heterocycles. The molecular formula is C23H18F2N2O2S. The Morgan fingerprint density at radius 1 is 0.967 bits per heavy atom. The van der Waals surface area contributed by atoms with Crippen LogP contribution in [0.2, 0.25) is 0 Å². The molecule has 4 aromatic rings. The van der Waals surface area contributed by atoms with Gasteiger partial charge in [0.05, 0.1) is 16.6 Å². The normalized spacial score (nSPS) is 10.9. The minimum atomic E-state index is -0.530. The highest BCUT2D eigenvalue weighted by Gasteiger charge is 2.12. The molecule has 1 heterocycles. The zero-order valence-electron chi connectivity index (χ0n) is 15.9. The molecule has 0 saturated carbocycles. The first-order valence-electron chi connectivity index (χ1n) is 9.40. The molecule has 0 saturated heterocycles. The standard InChI is InChI=1S/C23H18F2N2O2S/c24-18-6-2-1-5-15(18)11-12-26-22(28)13-16-9-10-17(14-19(16)25)29-23-27-20-7-3-4-8-21(20)30-23/h1-10,14H,11-13H2,(H,26,28). The Morgan fingerprint density at radius 2 is 1.77 bits per heavy atom. The van der Waals surface area contributed by atoms with Crippen LogP contribution in [0.5, 0.6) is 10.9 Å². The van der Waals surface area contributed by atoms with Crippen molar-refractivity contribution in [2.45, 2.75) is 12.8 Å². The number of aromatic nitrogens is 1. The van der Waals surface area contributed by atoms with E-state index in [9.17, 15) is 13.6 Å². The predicted molar refractivity (Wildman–Crippen MR) is 113 cm³/mol. The fourth-order valence-electron chi connectivity index (χ4n) is 3.00. The average molecular weight is 424 g/mol. The number of carbonyl (C=O) groups is 1. The van der Waals surface area contributed by atoms with Gasteiger partial charge < -0.3 is 10.1 Å². The predicted octanol–water partition coefficient (Wildman–Crippen LogP) is 5.27. The molecule has 0 aliphatic rings. The van der Waals surface area contributed by atoms with Crippen LogP contribution in [0.1, 0.15) is 11.1 Å². The van der Waals surface area contributed by atoms with E-state index in [0.717, 1.165) is 10.2 Å². The Kier molecular flexibility index (Phi) is 5.99. The molecule has 0 aliphatic heterocycles. The van der Waals surface area contributed by atoms with Gasteiger partial charge in [-0.3, -0.25) is 4.79 Å². The molecule has 0 atom stereocenters. The van der Waals surface area contributed by atoms with E-state index in [-0.39, 0.29) is 30.3 Å². The van der Waals surface area contributed by atoms with E-state index in [0.29, 0.717) is 22.9 Å². The fourth-order valence-corrected chi connectivity index (χ4v) is 3.84. The number of amides is 1. The van der Waals surface area contributed by atoms with Crippen molar-refractivity contribution in [3.63, 3.8) is 0 Å². The summed E-state index contributed by atoms with van der Waals surface area (Å²) in [4.78, 5) is 16.5. The molecule has 0 fully saturated rings. The van der Waals surface area contributed by atoms with Crippen LogP contribution in [0, 0.1) is 11.6 Å². The number of ether oxygens (including phenoxy) is 1. The van der Waals surface area contributed by atoms with Gasteiger partial charge in [-0.2, -0.15) is 0 Å². The molecule has 30 heavy (non-hydrogen) atoms. The van der Waals surface area contributed by atoms with E-state index in [1.165, 1.54) is 29.5 Å². The molecule has 0 aliphatic carbocycles. The van der Waals surface area contributed by atoms with Crippen molar-refractivity contribution in [1.82, 2.24) is 10.3 Å². The quantitative estimate of drug-likeness (QED) is 0.440. The average Bonchev–Trinajstić information content (AvgIpc) is 3.14. The van der Waals surface area contributed by atoms with Crippen molar-refractivity contribution in [2.24, 2.45) is 0 Å². The smallest absolute Gasteiger partial charge is 0.279 e. The number of benzene rings is 3. The number of rotatable bonds is 7. The SMILES string of the molecule is O=C(Cc1ccc(Oc2nc3ccccc3s2)cc1F)NCCc1ccccc1F. The molecule has 0 radical (unpaired) electrons. The zero-order valence-corrected chi connectivity index (χ0v) is 16.7. The van der Waals surface area contributed by atoms with Crippen LogP contribution in [0.3, 0.4) is 0 Å². The summed E-state index contributed by atoms with van der Waals surface area (Å²) >= 11 is 1.37. The maximum absolute atomic E-state index is 14.4. The van der Waals surface area contributed by atoms with Crippen molar-refractivity contribution in [2.75, 3.05) is 6.54 Å².